The molecule has 1 aliphatic rings. The Morgan fingerprint density at radius 3 is 2.88 bits per heavy atom. The maximum absolute atomic E-state index is 12.6. The fraction of sp³-hybridized carbons (Fsp3) is 0.529. The van der Waals surface area contributed by atoms with Crippen LogP contribution in [0.5, 0.6) is 0 Å². The summed E-state index contributed by atoms with van der Waals surface area (Å²) in [5.41, 5.74) is 1.19. The van der Waals surface area contributed by atoms with Gasteiger partial charge in [-0.3, -0.25) is 9.59 Å². The highest BCUT2D eigenvalue weighted by atomic mass is 16.5. The van der Waals surface area contributed by atoms with Gasteiger partial charge in [-0.1, -0.05) is 18.5 Å². The predicted octanol–water partition coefficient (Wildman–Crippen LogP) is 2.30. The highest BCUT2D eigenvalue weighted by Gasteiger charge is 2.27. The molecule has 2 amide bonds. The van der Waals surface area contributed by atoms with Crippen LogP contribution >= 0.6 is 0 Å². The molecule has 3 heterocycles. The second-order valence-corrected chi connectivity index (χ2v) is 6.23. The molecule has 0 aromatic carbocycles. The molecule has 0 radical (unpaired) electrons. The summed E-state index contributed by atoms with van der Waals surface area (Å²) in [5, 5.41) is 9.32. The third-order valence-corrected chi connectivity index (χ3v) is 4.22. The third-order valence-electron chi connectivity index (χ3n) is 4.22. The lowest BCUT2D eigenvalue weighted by Crippen LogP contribution is -2.26. The molecular weight excluding hydrogens is 322 g/mol. The average molecular weight is 345 g/mol. The van der Waals surface area contributed by atoms with Gasteiger partial charge >= 0.3 is 0 Å². The number of aromatic nitrogens is 3. The van der Waals surface area contributed by atoms with Crippen LogP contribution in [0.2, 0.25) is 0 Å². The van der Waals surface area contributed by atoms with Gasteiger partial charge in [-0.25, -0.2) is 4.98 Å². The van der Waals surface area contributed by atoms with E-state index < -0.39 is 0 Å². The predicted molar refractivity (Wildman–Crippen MR) is 91.6 cm³/mol. The van der Waals surface area contributed by atoms with Crippen molar-refractivity contribution in [2.75, 3.05) is 11.9 Å². The molecule has 0 spiro atoms. The van der Waals surface area contributed by atoms with Crippen molar-refractivity contribution in [1.82, 2.24) is 20.0 Å². The SMILES string of the molecule is CCCCNC(=O)c1nc(C(=O)Nc2cc(C)on2)n2c1CCCC2. The maximum Gasteiger partial charge on any atom is 0.292 e. The van der Waals surface area contributed by atoms with Crippen LogP contribution in [0, 0.1) is 6.92 Å². The minimum atomic E-state index is -0.385. The zero-order chi connectivity index (χ0) is 17.8. The van der Waals surface area contributed by atoms with E-state index in [1.54, 1.807) is 13.0 Å². The fourth-order valence-electron chi connectivity index (χ4n) is 2.96. The lowest BCUT2D eigenvalue weighted by molar-refractivity contribution is 0.0947. The average Bonchev–Trinajstić information content (AvgIpc) is 3.18. The van der Waals surface area contributed by atoms with Crippen LogP contribution in [-0.4, -0.2) is 33.1 Å². The first-order valence-electron chi connectivity index (χ1n) is 8.72. The van der Waals surface area contributed by atoms with Gasteiger partial charge in [-0.15, -0.1) is 0 Å². The van der Waals surface area contributed by atoms with E-state index in [-0.39, 0.29) is 17.6 Å². The molecule has 0 saturated carbocycles. The maximum atomic E-state index is 12.6. The Morgan fingerprint density at radius 2 is 2.16 bits per heavy atom. The summed E-state index contributed by atoms with van der Waals surface area (Å²) < 4.78 is 6.80. The van der Waals surface area contributed by atoms with E-state index in [1.165, 1.54) is 0 Å². The number of unbranched alkanes of at least 4 members (excludes halogenated alkanes) is 1. The largest absolute Gasteiger partial charge is 0.360 e. The summed E-state index contributed by atoms with van der Waals surface area (Å²) >= 11 is 0. The van der Waals surface area contributed by atoms with Gasteiger partial charge in [0.25, 0.3) is 11.8 Å². The lowest BCUT2D eigenvalue weighted by atomic mass is 10.1. The van der Waals surface area contributed by atoms with Crippen LogP contribution in [0.1, 0.15) is 65.2 Å². The van der Waals surface area contributed by atoms with Gasteiger partial charge < -0.3 is 19.7 Å². The molecule has 3 rings (SSSR count). The van der Waals surface area contributed by atoms with Gasteiger partial charge in [0.2, 0.25) is 0 Å². The normalized spacial score (nSPS) is 13.4. The van der Waals surface area contributed by atoms with Gasteiger partial charge in [0.15, 0.2) is 11.6 Å². The van der Waals surface area contributed by atoms with Gasteiger partial charge in [-0.05, 0) is 32.6 Å². The number of carbonyl (C=O) groups is 2. The zero-order valence-electron chi connectivity index (χ0n) is 14.6. The van der Waals surface area contributed by atoms with E-state index in [4.69, 9.17) is 4.52 Å². The fourth-order valence-corrected chi connectivity index (χ4v) is 2.96. The van der Waals surface area contributed by atoms with Gasteiger partial charge in [0, 0.05) is 19.2 Å². The standard InChI is InChI=1S/C17H23N5O3/c1-3-4-8-18-16(23)14-12-7-5-6-9-22(12)15(20-14)17(24)19-13-10-11(2)25-21-13/h10H,3-9H2,1-2H3,(H,18,23)(H,19,21,24). The van der Waals surface area contributed by atoms with Gasteiger partial charge in [0.1, 0.15) is 11.5 Å². The van der Waals surface area contributed by atoms with Crippen molar-refractivity contribution in [2.24, 2.45) is 0 Å². The molecule has 0 fully saturated rings. The van der Waals surface area contributed by atoms with Crippen LogP contribution in [0.3, 0.4) is 0 Å². The number of imidazole rings is 1. The van der Waals surface area contributed by atoms with Crippen molar-refractivity contribution in [3.63, 3.8) is 0 Å². The molecule has 0 atom stereocenters. The number of fused-ring (bicyclic) bond motifs is 1. The number of hydrogen-bond donors (Lipinski definition) is 2. The number of nitrogens with one attached hydrogen (secondary N) is 2. The van der Waals surface area contributed by atoms with Gasteiger partial charge in [-0.2, -0.15) is 0 Å². The third kappa shape index (κ3) is 3.72. The van der Waals surface area contributed by atoms with Crippen molar-refractivity contribution >= 4 is 17.6 Å². The second-order valence-electron chi connectivity index (χ2n) is 6.23. The monoisotopic (exact) mass is 345 g/mol. The van der Waals surface area contributed by atoms with Crippen molar-refractivity contribution in [3.8, 4) is 0 Å². The van der Waals surface area contributed by atoms with Crippen molar-refractivity contribution in [3.05, 3.63) is 29.0 Å². The summed E-state index contributed by atoms with van der Waals surface area (Å²) in [4.78, 5) is 29.4. The van der Waals surface area contributed by atoms with Crippen molar-refractivity contribution in [2.45, 2.75) is 52.5 Å². The molecule has 134 valence electrons. The molecule has 2 N–H and O–H groups in total. The van der Waals surface area contributed by atoms with E-state index in [0.29, 0.717) is 30.4 Å². The molecule has 2 aromatic rings. The summed E-state index contributed by atoms with van der Waals surface area (Å²) in [6.07, 6.45) is 4.63. The van der Waals surface area contributed by atoms with Crippen LogP contribution in [-0.2, 0) is 13.0 Å². The first kappa shape index (κ1) is 17.2. The van der Waals surface area contributed by atoms with E-state index in [2.05, 4.69) is 27.7 Å². The van der Waals surface area contributed by atoms with Crippen molar-refractivity contribution < 1.29 is 14.1 Å². The van der Waals surface area contributed by atoms with Crippen LogP contribution in [0.25, 0.3) is 0 Å². The molecule has 0 bridgehead atoms. The Balaban J connectivity index is 1.83. The highest BCUT2D eigenvalue weighted by Crippen LogP contribution is 2.22. The molecule has 0 aliphatic carbocycles. The summed E-state index contributed by atoms with van der Waals surface area (Å²) in [5.74, 6) is 0.594. The van der Waals surface area contributed by atoms with Crippen molar-refractivity contribution in [1.29, 1.82) is 0 Å². The molecule has 8 nitrogen and oxygen atoms in total. The second kappa shape index (κ2) is 7.50. The Labute approximate surface area is 146 Å². The highest BCUT2D eigenvalue weighted by molar-refractivity contribution is 6.03. The Morgan fingerprint density at radius 1 is 1.32 bits per heavy atom. The van der Waals surface area contributed by atoms with E-state index in [9.17, 15) is 9.59 Å². The Bertz CT molecular complexity index is 777. The number of carbonyl (C=O) groups excluding carboxylic acids is 2. The number of nitrogens with zero attached hydrogens (tertiary/aromatic N) is 3. The molecule has 2 aromatic heterocycles. The summed E-state index contributed by atoms with van der Waals surface area (Å²) in [6, 6.07) is 1.64. The zero-order valence-corrected chi connectivity index (χ0v) is 14.6. The van der Waals surface area contributed by atoms with Crippen LogP contribution < -0.4 is 10.6 Å². The van der Waals surface area contributed by atoms with Crippen LogP contribution in [0.4, 0.5) is 5.82 Å². The molecule has 1 aliphatic heterocycles. The Hall–Kier alpha value is -2.64. The topological polar surface area (TPSA) is 102 Å². The first-order chi connectivity index (χ1) is 12.1. The number of amides is 2. The smallest absolute Gasteiger partial charge is 0.292 e. The molecular formula is C17H23N5O3. The summed E-state index contributed by atoms with van der Waals surface area (Å²) in [6.45, 7) is 5.12. The van der Waals surface area contributed by atoms with Gasteiger partial charge in [0.05, 0.1) is 5.69 Å². The molecule has 0 unspecified atom stereocenters. The Kier molecular flexibility index (Phi) is 5.16. The quantitative estimate of drug-likeness (QED) is 0.782. The first-order valence-corrected chi connectivity index (χ1v) is 8.72. The van der Waals surface area contributed by atoms with E-state index in [1.807, 2.05) is 4.57 Å². The molecule has 0 saturated heterocycles. The summed E-state index contributed by atoms with van der Waals surface area (Å²) in [7, 11) is 0. The lowest BCUT2D eigenvalue weighted by Gasteiger charge is -2.16. The molecule has 25 heavy (non-hydrogen) atoms. The number of hydrogen-bond acceptors (Lipinski definition) is 5. The number of rotatable bonds is 6. The van der Waals surface area contributed by atoms with E-state index >= 15 is 0 Å². The minimum Gasteiger partial charge on any atom is -0.360 e. The number of aryl methyl sites for hydroxylation is 1. The van der Waals surface area contributed by atoms with Crippen LogP contribution in [0.15, 0.2) is 10.6 Å². The van der Waals surface area contributed by atoms with E-state index in [0.717, 1.165) is 37.8 Å². The minimum absolute atomic E-state index is 0.213. The number of anilines is 1. The molecule has 8 heteroatoms.